The molecule has 0 bridgehead atoms. The number of carbonyl (C=O) groups is 1. The fourth-order valence-electron chi connectivity index (χ4n) is 1.90. The molecule has 1 heterocycles. The number of nitrogens with one attached hydrogen (secondary N) is 1. The number of amides is 1. The molecule has 0 aliphatic rings. The van der Waals surface area contributed by atoms with Crippen molar-refractivity contribution >= 4 is 28.5 Å². The molecule has 0 atom stereocenters. The Bertz CT molecular complexity index is 725. The molecular weight excluding hydrogens is 330 g/mol. The van der Waals surface area contributed by atoms with E-state index in [0.717, 1.165) is 24.2 Å². The lowest BCUT2D eigenvalue weighted by Gasteiger charge is -2.05. The summed E-state index contributed by atoms with van der Waals surface area (Å²) in [6.07, 6.45) is 3.44. The second-order valence-electron chi connectivity index (χ2n) is 4.91. The minimum Gasteiger partial charge on any atom is -0.484 e. The molecule has 0 saturated heterocycles. The van der Waals surface area contributed by atoms with Gasteiger partial charge in [0.05, 0.1) is 16.0 Å². The Balaban J connectivity index is 1.76. The maximum Gasteiger partial charge on any atom is 0.324 e. The first-order chi connectivity index (χ1) is 11.6. The molecule has 1 aromatic carbocycles. The maximum atomic E-state index is 11.6. The molecule has 0 aliphatic heterocycles. The first-order valence-electron chi connectivity index (χ1n) is 7.36. The summed E-state index contributed by atoms with van der Waals surface area (Å²) in [5.74, 6) is 0.206. The van der Waals surface area contributed by atoms with Gasteiger partial charge in [-0.3, -0.25) is 14.9 Å². The van der Waals surface area contributed by atoms with Crippen LogP contribution < -0.4 is 10.2 Å². The molecule has 0 unspecified atom stereocenters. The number of ether oxygens (including phenoxy) is 1. The van der Waals surface area contributed by atoms with Gasteiger partial charge in [-0.2, -0.15) is 5.10 Å². The number of thiophene rings is 1. The van der Waals surface area contributed by atoms with Crippen molar-refractivity contribution in [1.29, 1.82) is 0 Å². The van der Waals surface area contributed by atoms with Crippen molar-refractivity contribution in [3.8, 4) is 5.75 Å². The van der Waals surface area contributed by atoms with E-state index in [1.165, 1.54) is 17.8 Å². The predicted molar refractivity (Wildman–Crippen MR) is 92.6 cm³/mol. The number of nitrogens with zero attached hydrogens (tertiary/aromatic N) is 2. The van der Waals surface area contributed by atoms with Crippen LogP contribution in [0.4, 0.5) is 5.00 Å². The maximum absolute atomic E-state index is 11.6. The summed E-state index contributed by atoms with van der Waals surface area (Å²) >= 11 is 0.977. The third-order valence-electron chi connectivity index (χ3n) is 3.01. The lowest BCUT2D eigenvalue weighted by Crippen LogP contribution is -2.24. The van der Waals surface area contributed by atoms with Gasteiger partial charge in [0.1, 0.15) is 5.75 Å². The summed E-state index contributed by atoms with van der Waals surface area (Å²) < 4.78 is 5.37. The van der Waals surface area contributed by atoms with Crippen LogP contribution in [-0.2, 0) is 11.2 Å². The van der Waals surface area contributed by atoms with Gasteiger partial charge in [-0.25, -0.2) is 5.43 Å². The molecule has 2 aromatic rings. The molecular formula is C16H17N3O4S. The molecule has 2 rings (SSSR count). The minimum atomic E-state index is -0.472. The van der Waals surface area contributed by atoms with E-state index < -0.39 is 10.8 Å². The number of benzene rings is 1. The van der Waals surface area contributed by atoms with Crippen molar-refractivity contribution in [1.82, 2.24) is 5.43 Å². The van der Waals surface area contributed by atoms with Crippen LogP contribution in [0, 0.1) is 10.1 Å². The quantitative estimate of drug-likeness (QED) is 0.451. The van der Waals surface area contributed by atoms with Gasteiger partial charge in [0.2, 0.25) is 0 Å². The van der Waals surface area contributed by atoms with Crippen LogP contribution in [0.5, 0.6) is 5.75 Å². The molecule has 1 N–H and O–H groups in total. The lowest BCUT2D eigenvalue weighted by molar-refractivity contribution is -0.380. The summed E-state index contributed by atoms with van der Waals surface area (Å²) in [6, 6.07) is 10.5. The molecule has 7 nitrogen and oxygen atoms in total. The van der Waals surface area contributed by atoms with Gasteiger partial charge in [0.15, 0.2) is 6.61 Å². The van der Waals surface area contributed by atoms with E-state index >= 15 is 0 Å². The number of aryl methyl sites for hydroxylation is 1. The van der Waals surface area contributed by atoms with Gasteiger partial charge in [0, 0.05) is 6.07 Å². The Kier molecular flexibility index (Phi) is 6.44. The number of hydrogen-bond acceptors (Lipinski definition) is 6. The molecule has 24 heavy (non-hydrogen) atoms. The third-order valence-corrected chi connectivity index (χ3v) is 3.98. The van der Waals surface area contributed by atoms with E-state index in [1.807, 2.05) is 24.3 Å². The SMILES string of the molecule is CCCc1ccc(OCC(=O)NN=Cc2ccc([N+](=O)[O-])s2)cc1. The lowest BCUT2D eigenvalue weighted by atomic mass is 10.1. The Morgan fingerprint density at radius 3 is 2.71 bits per heavy atom. The van der Waals surface area contributed by atoms with Crippen LogP contribution in [0.25, 0.3) is 0 Å². The van der Waals surface area contributed by atoms with Gasteiger partial charge >= 0.3 is 5.00 Å². The van der Waals surface area contributed by atoms with E-state index in [9.17, 15) is 14.9 Å². The van der Waals surface area contributed by atoms with Gasteiger partial charge in [-0.05, 0) is 30.2 Å². The summed E-state index contributed by atoms with van der Waals surface area (Å²) in [5, 5.41) is 14.3. The largest absolute Gasteiger partial charge is 0.484 e. The van der Waals surface area contributed by atoms with Crippen molar-refractivity contribution in [2.45, 2.75) is 19.8 Å². The summed E-state index contributed by atoms with van der Waals surface area (Å²) in [4.78, 5) is 22.3. The Hall–Kier alpha value is -2.74. The highest BCUT2D eigenvalue weighted by Crippen LogP contribution is 2.22. The van der Waals surface area contributed by atoms with E-state index in [2.05, 4.69) is 17.5 Å². The molecule has 1 amide bonds. The molecule has 8 heteroatoms. The highest BCUT2D eigenvalue weighted by Gasteiger charge is 2.08. The van der Waals surface area contributed by atoms with Crippen LogP contribution in [0.1, 0.15) is 23.8 Å². The Labute approximate surface area is 143 Å². The van der Waals surface area contributed by atoms with Gasteiger partial charge in [-0.15, -0.1) is 0 Å². The van der Waals surface area contributed by atoms with Crippen molar-refractivity contribution < 1.29 is 14.5 Å². The molecule has 0 spiro atoms. The Morgan fingerprint density at radius 2 is 2.08 bits per heavy atom. The first-order valence-corrected chi connectivity index (χ1v) is 8.18. The summed E-state index contributed by atoms with van der Waals surface area (Å²) in [6.45, 7) is 1.96. The third kappa shape index (κ3) is 5.47. The van der Waals surface area contributed by atoms with E-state index in [1.54, 1.807) is 6.07 Å². The average molecular weight is 347 g/mol. The highest BCUT2D eigenvalue weighted by molar-refractivity contribution is 7.16. The van der Waals surface area contributed by atoms with Gasteiger partial charge in [-0.1, -0.05) is 36.8 Å². The minimum absolute atomic E-state index is 0.0256. The van der Waals surface area contributed by atoms with Crippen molar-refractivity contribution in [2.75, 3.05) is 6.61 Å². The van der Waals surface area contributed by atoms with E-state index in [0.29, 0.717) is 10.6 Å². The molecule has 126 valence electrons. The van der Waals surface area contributed by atoms with E-state index in [4.69, 9.17) is 4.74 Å². The number of nitro groups is 1. The van der Waals surface area contributed by atoms with Crippen molar-refractivity contribution in [2.24, 2.45) is 5.10 Å². The summed E-state index contributed by atoms with van der Waals surface area (Å²) in [5.41, 5.74) is 3.54. The van der Waals surface area contributed by atoms with E-state index in [-0.39, 0.29) is 11.6 Å². The van der Waals surface area contributed by atoms with Gasteiger partial charge in [0.25, 0.3) is 5.91 Å². The predicted octanol–water partition coefficient (Wildman–Crippen LogP) is 3.14. The van der Waals surface area contributed by atoms with Crippen LogP contribution in [-0.4, -0.2) is 23.7 Å². The van der Waals surface area contributed by atoms with Crippen LogP contribution >= 0.6 is 11.3 Å². The molecule has 0 fully saturated rings. The zero-order chi connectivity index (χ0) is 17.4. The van der Waals surface area contributed by atoms with Crippen LogP contribution in [0.2, 0.25) is 0 Å². The van der Waals surface area contributed by atoms with Crippen molar-refractivity contribution in [3.05, 3.63) is 57.0 Å². The number of hydrazone groups is 1. The Morgan fingerprint density at radius 1 is 1.33 bits per heavy atom. The average Bonchev–Trinajstić information content (AvgIpc) is 3.04. The fraction of sp³-hybridized carbons (Fsp3) is 0.250. The second kappa shape index (κ2) is 8.78. The van der Waals surface area contributed by atoms with Crippen LogP contribution in [0.15, 0.2) is 41.5 Å². The molecule has 0 aliphatic carbocycles. The summed E-state index contributed by atoms with van der Waals surface area (Å²) in [7, 11) is 0. The monoisotopic (exact) mass is 347 g/mol. The smallest absolute Gasteiger partial charge is 0.324 e. The zero-order valence-electron chi connectivity index (χ0n) is 13.1. The number of carbonyl (C=O) groups excluding carboxylic acids is 1. The fourth-order valence-corrected chi connectivity index (χ4v) is 2.59. The molecule has 0 radical (unpaired) electrons. The second-order valence-corrected chi connectivity index (χ2v) is 6.00. The highest BCUT2D eigenvalue weighted by atomic mass is 32.1. The first kappa shape index (κ1) is 17.6. The number of rotatable bonds is 8. The normalized spacial score (nSPS) is 10.7. The van der Waals surface area contributed by atoms with Crippen molar-refractivity contribution in [3.63, 3.8) is 0 Å². The van der Waals surface area contributed by atoms with Gasteiger partial charge < -0.3 is 4.74 Å². The topological polar surface area (TPSA) is 93.8 Å². The molecule has 1 aromatic heterocycles. The molecule has 0 saturated carbocycles. The van der Waals surface area contributed by atoms with Crippen LogP contribution in [0.3, 0.4) is 0 Å². The number of hydrogen-bond donors (Lipinski definition) is 1. The standard InChI is InChI=1S/C16H17N3O4S/c1-2-3-12-4-6-13(7-5-12)23-11-15(20)18-17-10-14-8-9-16(24-14)19(21)22/h4-10H,2-3,11H2,1H3,(H,18,20). The zero-order valence-corrected chi connectivity index (χ0v) is 13.9.